The number of rotatable bonds is 6. The Balaban J connectivity index is 1.05. The minimum Gasteiger partial charge on any atom is -0.436 e. The van der Waals surface area contributed by atoms with Crippen LogP contribution in [0.5, 0.6) is 0 Å². The summed E-state index contributed by atoms with van der Waals surface area (Å²) < 4.78 is 7.85. The molecule has 2 aliphatic heterocycles. The smallest absolute Gasteiger partial charge is 0.410 e. The molecule has 12 heteroatoms. The molecule has 3 fully saturated rings. The SMILES string of the molecule is Cc1cc(CC(OC(=O)N2CCC(n3c(=O)[nH]c4ccccc43)CC2)C(=O)N2CCN(C3CCCCC3)CC2)cc2[nH]c(=O)[nH]c12. The van der Waals surface area contributed by atoms with Gasteiger partial charge in [-0.2, -0.15) is 0 Å². The highest BCUT2D eigenvalue weighted by Gasteiger charge is 2.35. The molecule has 2 aromatic carbocycles. The Kier molecular flexibility index (Phi) is 8.46. The minimum atomic E-state index is -0.995. The van der Waals surface area contributed by atoms with Crippen molar-refractivity contribution in [3.05, 3.63) is 68.5 Å². The zero-order chi connectivity index (χ0) is 31.8. The largest absolute Gasteiger partial charge is 0.436 e. The van der Waals surface area contributed by atoms with E-state index in [4.69, 9.17) is 4.74 Å². The van der Waals surface area contributed by atoms with E-state index < -0.39 is 12.2 Å². The van der Waals surface area contributed by atoms with Crippen molar-refractivity contribution in [3.8, 4) is 0 Å². The van der Waals surface area contributed by atoms with Crippen LogP contribution in [0.2, 0.25) is 0 Å². The summed E-state index contributed by atoms with van der Waals surface area (Å²) >= 11 is 0. The Morgan fingerprint density at radius 3 is 2.33 bits per heavy atom. The Hall–Kier alpha value is -4.32. The van der Waals surface area contributed by atoms with E-state index in [-0.39, 0.29) is 29.7 Å². The summed E-state index contributed by atoms with van der Waals surface area (Å²) in [6, 6.07) is 12.0. The molecule has 1 unspecified atom stereocenters. The maximum Gasteiger partial charge on any atom is 0.410 e. The summed E-state index contributed by atoms with van der Waals surface area (Å²) in [4.78, 5) is 66.9. The van der Waals surface area contributed by atoms with Gasteiger partial charge in [-0.3, -0.25) is 14.3 Å². The molecular weight excluding hydrogens is 586 g/mol. The highest BCUT2D eigenvalue weighted by molar-refractivity contribution is 5.85. The first-order valence-corrected chi connectivity index (χ1v) is 16.7. The number of fused-ring (bicyclic) bond motifs is 2. The molecule has 0 spiro atoms. The predicted molar refractivity (Wildman–Crippen MR) is 175 cm³/mol. The van der Waals surface area contributed by atoms with E-state index in [0.29, 0.717) is 50.6 Å². The first-order valence-electron chi connectivity index (χ1n) is 16.7. The van der Waals surface area contributed by atoms with Crippen LogP contribution >= 0.6 is 0 Å². The van der Waals surface area contributed by atoms with Crippen LogP contribution in [0.15, 0.2) is 46.0 Å². The number of imidazole rings is 2. The van der Waals surface area contributed by atoms with Crippen molar-refractivity contribution in [2.24, 2.45) is 0 Å². The topological polar surface area (TPSA) is 140 Å². The van der Waals surface area contributed by atoms with E-state index in [1.165, 1.54) is 32.1 Å². The maximum absolute atomic E-state index is 14.0. The third kappa shape index (κ3) is 6.10. The molecule has 4 aromatic rings. The number of benzene rings is 2. The average Bonchev–Trinajstić information content (AvgIpc) is 3.63. The fourth-order valence-electron chi connectivity index (χ4n) is 7.80. The first kappa shape index (κ1) is 30.3. The number of amides is 2. The van der Waals surface area contributed by atoms with Gasteiger partial charge in [0.25, 0.3) is 5.91 Å². The average molecular weight is 630 g/mol. The van der Waals surface area contributed by atoms with Crippen molar-refractivity contribution in [2.75, 3.05) is 39.3 Å². The van der Waals surface area contributed by atoms with Gasteiger partial charge in [0, 0.05) is 57.8 Å². The quantitative estimate of drug-likeness (QED) is 0.298. The van der Waals surface area contributed by atoms with E-state index >= 15 is 0 Å². The van der Waals surface area contributed by atoms with Gasteiger partial charge in [-0.15, -0.1) is 0 Å². The number of carbonyl (C=O) groups is 2. The van der Waals surface area contributed by atoms with Gasteiger partial charge in [0.1, 0.15) is 0 Å². The molecular formula is C34H43N7O5. The lowest BCUT2D eigenvalue weighted by molar-refractivity contribution is -0.143. The number of H-pyrrole nitrogens is 3. The van der Waals surface area contributed by atoms with Crippen LogP contribution in [-0.4, -0.2) is 97.6 Å². The number of likely N-dealkylation sites (tertiary alicyclic amines) is 1. The summed E-state index contributed by atoms with van der Waals surface area (Å²) in [6.07, 6.45) is 6.21. The third-order valence-electron chi connectivity index (χ3n) is 10.3. The molecule has 244 valence electrons. The molecule has 0 bridgehead atoms. The van der Waals surface area contributed by atoms with Gasteiger partial charge in [0.05, 0.1) is 22.1 Å². The van der Waals surface area contributed by atoms with E-state index in [9.17, 15) is 19.2 Å². The number of hydrogen-bond acceptors (Lipinski definition) is 6. The van der Waals surface area contributed by atoms with Crippen molar-refractivity contribution in [3.63, 3.8) is 0 Å². The zero-order valence-electron chi connectivity index (χ0n) is 26.4. The van der Waals surface area contributed by atoms with Gasteiger partial charge < -0.3 is 29.5 Å². The van der Waals surface area contributed by atoms with Gasteiger partial charge in [0.15, 0.2) is 6.10 Å². The normalized spacial score (nSPS) is 19.6. The van der Waals surface area contributed by atoms with Crippen molar-refractivity contribution < 1.29 is 14.3 Å². The molecule has 2 aromatic heterocycles. The molecule has 4 heterocycles. The summed E-state index contributed by atoms with van der Waals surface area (Å²) in [5, 5.41) is 0. The lowest BCUT2D eigenvalue weighted by Crippen LogP contribution is -2.55. The highest BCUT2D eigenvalue weighted by atomic mass is 16.6. The molecule has 3 aliphatic rings. The molecule has 2 amide bonds. The third-order valence-corrected chi connectivity index (χ3v) is 10.3. The number of ether oxygens (including phenoxy) is 1. The lowest BCUT2D eigenvalue weighted by Gasteiger charge is -2.41. The van der Waals surface area contributed by atoms with Crippen LogP contribution in [0.1, 0.15) is 62.1 Å². The molecule has 46 heavy (non-hydrogen) atoms. The molecule has 2 saturated heterocycles. The standard InChI is InChI=1S/C34H43N7O5/c1-22-19-23(20-27-30(22)37-32(43)35-27)21-29(31(42)39-17-15-38(16-18-39)24-7-3-2-4-8-24)46-34(45)40-13-11-25(12-14-40)41-28-10-6-5-9-26(28)36-33(41)44/h5-6,9-10,19-20,24-25,29H,2-4,7-8,11-18,21H2,1H3,(H,36,44)(H2,35,37,43). The van der Waals surface area contributed by atoms with Crippen molar-refractivity contribution >= 4 is 34.1 Å². The summed E-state index contributed by atoms with van der Waals surface area (Å²) in [5.74, 6) is -0.183. The predicted octanol–water partition coefficient (Wildman–Crippen LogP) is 3.67. The second-order valence-corrected chi connectivity index (χ2v) is 13.2. The van der Waals surface area contributed by atoms with Gasteiger partial charge in [-0.25, -0.2) is 14.4 Å². The number of carbonyl (C=O) groups excluding carboxylic acids is 2. The van der Waals surface area contributed by atoms with E-state index in [2.05, 4.69) is 19.9 Å². The van der Waals surface area contributed by atoms with Crippen molar-refractivity contribution in [1.82, 2.24) is 34.2 Å². The van der Waals surface area contributed by atoms with Crippen LogP contribution in [0, 0.1) is 6.92 Å². The summed E-state index contributed by atoms with van der Waals surface area (Å²) in [6.45, 7) is 5.62. The number of nitrogens with one attached hydrogen (secondary N) is 3. The fourth-order valence-corrected chi connectivity index (χ4v) is 7.80. The molecule has 1 atom stereocenters. The second-order valence-electron chi connectivity index (χ2n) is 13.2. The number of hydrogen-bond donors (Lipinski definition) is 3. The fraction of sp³-hybridized carbons (Fsp3) is 0.529. The van der Waals surface area contributed by atoms with E-state index in [1.54, 1.807) is 9.47 Å². The second kappa shape index (κ2) is 12.8. The number of para-hydroxylation sites is 2. The monoisotopic (exact) mass is 629 g/mol. The lowest BCUT2D eigenvalue weighted by atomic mass is 9.94. The number of aromatic nitrogens is 4. The van der Waals surface area contributed by atoms with Crippen molar-refractivity contribution in [2.45, 2.75) is 76.5 Å². The van der Waals surface area contributed by atoms with Crippen LogP contribution in [-0.2, 0) is 16.0 Å². The minimum absolute atomic E-state index is 0.0382. The number of aromatic amines is 3. The Morgan fingerprint density at radius 1 is 0.826 bits per heavy atom. The number of piperidine rings is 1. The molecule has 1 aliphatic carbocycles. The van der Waals surface area contributed by atoms with Gasteiger partial charge >= 0.3 is 17.5 Å². The molecule has 12 nitrogen and oxygen atoms in total. The van der Waals surface area contributed by atoms with Crippen LogP contribution in [0.25, 0.3) is 22.1 Å². The van der Waals surface area contributed by atoms with Crippen molar-refractivity contribution in [1.29, 1.82) is 0 Å². The summed E-state index contributed by atoms with van der Waals surface area (Å²) in [7, 11) is 0. The molecule has 0 radical (unpaired) electrons. The zero-order valence-corrected chi connectivity index (χ0v) is 26.4. The number of piperazine rings is 1. The van der Waals surface area contributed by atoms with Crippen LogP contribution < -0.4 is 11.4 Å². The maximum atomic E-state index is 14.0. The number of aryl methyl sites for hydroxylation is 1. The van der Waals surface area contributed by atoms with Crippen LogP contribution in [0.3, 0.4) is 0 Å². The van der Waals surface area contributed by atoms with Gasteiger partial charge in [-0.1, -0.05) is 37.5 Å². The molecule has 7 rings (SSSR count). The summed E-state index contributed by atoms with van der Waals surface area (Å²) in [5.41, 5.74) is 4.30. The molecule has 1 saturated carbocycles. The Bertz CT molecular complexity index is 1830. The van der Waals surface area contributed by atoms with Gasteiger partial charge in [-0.05, 0) is 61.9 Å². The highest BCUT2D eigenvalue weighted by Crippen LogP contribution is 2.27. The Morgan fingerprint density at radius 2 is 1.57 bits per heavy atom. The van der Waals surface area contributed by atoms with E-state index in [0.717, 1.165) is 40.8 Å². The van der Waals surface area contributed by atoms with E-state index in [1.807, 2.05) is 48.2 Å². The Labute approximate surface area is 266 Å². The van der Waals surface area contributed by atoms with Crippen LogP contribution in [0.4, 0.5) is 4.79 Å². The molecule has 3 N–H and O–H groups in total. The van der Waals surface area contributed by atoms with Gasteiger partial charge in [0.2, 0.25) is 0 Å². The number of nitrogens with zero attached hydrogens (tertiary/aromatic N) is 4. The first-order chi connectivity index (χ1) is 22.3.